The SMILES string of the molecule is CC(C)c1ccc(N2C(=O)C(=O)/C(=C(/O)c3ccc(Br)cc3)C2c2ccc(O)cc2)cc1. The summed E-state index contributed by atoms with van der Waals surface area (Å²) in [6, 6.07) is 19.8. The molecule has 5 nitrogen and oxygen atoms in total. The van der Waals surface area contributed by atoms with Crippen LogP contribution in [0.25, 0.3) is 5.76 Å². The maximum absolute atomic E-state index is 13.1. The zero-order chi connectivity index (χ0) is 23.0. The number of rotatable bonds is 4. The summed E-state index contributed by atoms with van der Waals surface area (Å²) >= 11 is 3.36. The third-order valence-electron chi connectivity index (χ3n) is 5.61. The molecule has 3 aromatic carbocycles. The average molecular weight is 492 g/mol. The van der Waals surface area contributed by atoms with Crippen LogP contribution in [0, 0.1) is 0 Å². The molecule has 32 heavy (non-hydrogen) atoms. The Kier molecular flexibility index (Phi) is 5.89. The summed E-state index contributed by atoms with van der Waals surface area (Å²) in [4.78, 5) is 27.7. The first-order valence-electron chi connectivity index (χ1n) is 10.2. The number of carbonyl (C=O) groups is 2. The van der Waals surface area contributed by atoms with Crippen molar-refractivity contribution < 1.29 is 19.8 Å². The van der Waals surface area contributed by atoms with Gasteiger partial charge in [0.15, 0.2) is 0 Å². The minimum atomic E-state index is -0.829. The van der Waals surface area contributed by atoms with Gasteiger partial charge in [-0.05, 0) is 53.4 Å². The Bertz CT molecular complexity index is 1200. The number of carbonyl (C=O) groups excluding carboxylic acids is 2. The van der Waals surface area contributed by atoms with Crippen molar-refractivity contribution in [2.75, 3.05) is 4.90 Å². The third-order valence-corrected chi connectivity index (χ3v) is 6.14. The molecule has 1 amide bonds. The maximum atomic E-state index is 13.1. The van der Waals surface area contributed by atoms with Gasteiger partial charge in [0.2, 0.25) is 0 Å². The third kappa shape index (κ3) is 3.94. The predicted molar refractivity (Wildman–Crippen MR) is 128 cm³/mol. The molecule has 162 valence electrons. The van der Waals surface area contributed by atoms with Gasteiger partial charge in [-0.1, -0.05) is 66.2 Å². The largest absolute Gasteiger partial charge is 0.508 e. The van der Waals surface area contributed by atoms with E-state index in [9.17, 15) is 19.8 Å². The Morgan fingerprint density at radius 1 is 0.906 bits per heavy atom. The number of aliphatic hydroxyl groups excluding tert-OH is 1. The number of ketones is 1. The van der Waals surface area contributed by atoms with Gasteiger partial charge < -0.3 is 10.2 Å². The number of aliphatic hydroxyl groups is 1. The number of halogens is 1. The zero-order valence-corrected chi connectivity index (χ0v) is 19.2. The van der Waals surface area contributed by atoms with Crippen LogP contribution >= 0.6 is 15.9 Å². The van der Waals surface area contributed by atoms with E-state index in [0.29, 0.717) is 22.7 Å². The molecule has 0 saturated carbocycles. The number of phenols is 1. The Balaban J connectivity index is 1.90. The fourth-order valence-electron chi connectivity index (χ4n) is 3.85. The molecule has 1 unspecified atom stereocenters. The second kappa shape index (κ2) is 8.63. The number of aromatic hydroxyl groups is 1. The number of benzene rings is 3. The summed E-state index contributed by atoms with van der Waals surface area (Å²) in [6.07, 6.45) is 0. The molecule has 0 radical (unpaired) electrons. The number of phenolic OH excluding ortho intramolecular Hbond substituents is 1. The van der Waals surface area contributed by atoms with E-state index in [1.165, 1.54) is 17.0 Å². The maximum Gasteiger partial charge on any atom is 0.300 e. The first-order chi connectivity index (χ1) is 15.3. The van der Waals surface area contributed by atoms with Crippen molar-refractivity contribution in [2.45, 2.75) is 25.8 Å². The molecule has 1 saturated heterocycles. The summed E-state index contributed by atoms with van der Waals surface area (Å²) < 4.78 is 0.829. The van der Waals surface area contributed by atoms with E-state index < -0.39 is 17.7 Å². The molecule has 3 aromatic rings. The summed E-state index contributed by atoms with van der Waals surface area (Å²) in [5.41, 5.74) is 2.72. The highest BCUT2D eigenvalue weighted by Crippen LogP contribution is 2.42. The molecule has 1 atom stereocenters. The van der Waals surface area contributed by atoms with Crippen LogP contribution in [0.4, 0.5) is 5.69 Å². The highest BCUT2D eigenvalue weighted by Gasteiger charge is 2.46. The normalized spacial score (nSPS) is 17.9. The smallest absolute Gasteiger partial charge is 0.300 e. The minimum absolute atomic E-state index is 0.0101. The van der Waals surface area contributed by atoms with Crippen LogP contribution in [0.2, 0.25) is 0 Å². The predicted octanol–water partition coefficient (Wildman–Crippen LogP) is 5.90. The van der Waals surface area contributed by atoms with E-state index in [-0.39, 0.29) is 17.1 Å². The Morgan fingerprint density at radius 2 is 1.50 bits per heavy atom. The summed E-state index contributed by atoms with van der Waals surface area (Å²) in [5.74, 6) is -1.31. The van der Waals surface area contributed by atoms with E-state index in [1.54, 1.807) is 36.4 Å². The summed E-state index contributed by atoms with van der Waals surface area (Å²) in [5, 5.41) is 20.8. The van der Waals surface area contributed by atoms with Gasteiger partial charge in [0.25, 0.3) is 11.7 Å². The molecule has 2 N–H and O–H groups in total. The van der Waals surface area contributed by atoms with E-state index in [0.717, 1.165) is 10.0 Å². The lowest BCUT2D eigenvalue weighted by Gasteiger charge is -2.26. The van der Waals surface area contributed by atoms with Crippen molar-refractivity contribution in [3.8, 4) is 5.75 Å². The molecular weight excluding hydrogens is 470 g/mol. The van der Waals surface area contributed by atoms with Crippen LogP contribution in [0.15, 0.2) is 82.8 Å². The van der Waals surface area contributed by atoms with E-state index in [4.69, 9.17) is 0 Å². The average Bonchev–Trinajstić information content (AvgIpc) is 3.05. The van der Waals surface area contributed by atoms with Gasteiger partial charge in [0.05, 0.1) is 11.6 Å². The second-order valence-corrected chi connectivity index (χ2v) is 8.93. The number of Topliss-reactive ketones (excluding diaryl/α,β-unsaturated/α-hetero) is 1. The van der Waals surface area contributed by atoms with Crippen molar-refractivity contribution in [3.05, 3.63) is 99.5 Å². The molecule has 1 aliphatic rings. The molecule has 0 aliphatic carbocycles. The number of amides is 1. The number of hydrogen-bond acceptors (Lipinski definition) is 4. The van der Waals surface area contributed by atoms with Crippen molar-refractivity contribution in [3.63, 3.8) is 0 Å². The Hall–Kier alpha value is -3.38. The summed E-state index contributed by atoms with van der Waals surface area (Å²) in [7, 11) is 0. The molecule has 4 rings (SSSR count). The first-order valence-corrected chi connectivity index (χ1v) is 11.0. The van der Waals surface area contributed by atoms with Gasteiger partial charge in [-0.2, -0.15) is 0 Å². The monoisotopic (exact) mass is 491 g/mol. The number of hydrogen-bond donors (Lipinski definition) is 2. The number of anilines is 1. The molecule has 0 spiro atoms. The van der Waals surface area contributed by atoms with Crippen molar-refractivity contribution >= 4 is 39.1 Å². The van der Waals surface area contributed by atoms with Gasteiger partial charge in [0.1, 0.15) is 11.5 Å². The molecule has 1 heterocycles. The first kappa shape index (κ1) is 21.8. The van der Waals surface area contributed by atoms with E-state index in [2.05, 4.69) is 29.8 Å². The van der Waals surface area contributed by atoms with Gasteiger partial charge in [-0.25, -0.2) is 0 Å². The van der Waals surface area contributed by atoms with Crippen LogP contribution in [-0.4, -0.2) is 21.9 Å². The van der Waals surface area contributed by atoms with E-state index in [1.807, 2.05) is 24.3 Å². The van der Waals surface area contributed by atoms with Crippen LogP contribution in [0.1, 0.15) is 42.5 Å². The molecule has 1 aliphatic heterocycles. The summed E-state index contributed by atoms with van der Waals surface area (Å²) in [6.45, 7) is 4.16. The highest BCUT2D eigenvalue weighted by molar-refractivity contribution is 9.10. The topological polar surface area (TPSA) is 77.8 Å². The lowest BCUT2D eigenvalue weighted by molar-refractivity contribution is -0.132. The second-order valence-electron chi connectivity index (χ2n) is 8.01. The molecule has 1 fully saturated rings. The number of nitrogens with zero attached hydrogens (tertiary/aromatic N) is 1. The Labute approximate surface area is 194 Å². The lowest BCUT2D eigenvalue weighted by atomic mass is 9.95. The van der Waals surface area contributed by atoms with Gasteiger partial charge in [-0.15, -0.1) is 0 Å². The highest BCUT2D eigenvalue weighted by atomic mass is 79.9. The van der Waals surface area contributed by atoms with Crippen molar-refractivity contribution in [1.82, 2.24) is 0 Å². The molecule has 0 aromatic heterocycles. The molecular formula is C26H22BrNO4. The van der Waals surface area contributed by atoms with Crippen molar-refractivity contribution in [1.29, 1.82) is 0 Å². The van der Waals surface area contributed by atoms with Gasteiger partial charge >= 0.3 is 0 Å². The van der Waals surface area contributed by atoms with Crippen LogP contribution < -0.4 is 4.90 Å². The Morgan fingerprint density at radius 3 is 2.06 bits per heavy atom. The quantitative estimate of drug-likeness (QED) is 0.270. The van der Waals surface area contributed by atoms with Crippen LogP contribution in [-0.2, 0) is 9.59 Å². The van der Waals surface area contributed by atoms with Crippen LogP contribution in [0.5, 0.6) is 5.75 Å². The minimum Gasteiger partial charge on any atom is -0.508 e. The van der Waals surface area contributed by atoms with Crippen molar-refractivity contribution in [2.24, 2.45) is 0 Å². The molecule has 6 heteroatoms. The fraction of sp³-hybridized carbons (Fsp3) is 0.154. The standard InChI is InChI=1S/C26H22BrNO4/c1-15(2)16-5-11-20(12-6-16)28-23(17-7-13-21(29)14-8-17)22(25(31)26(28)32)24(30)18-3-9-19(27)10-4-18/h3-15,23,29-30H,1-2H3/b24-22+. The van der Waals surface area contributed by atoms with E-state index >= 15 is 0 Å². The van der Waals surface area contributed by atoms with Gasteiger partial charge in [0, 0.05) is 15.7 Å². The van der Waals surface area contributed by atoms with Crippen LogP contribution in [0.3, 0.4) is 0 Å². The fourth-order valence-corrected chi connectivity index (χ4v) is 4.12. The zero-order valence-electron chi connectivity index (χ0n) is 17.6. The molecule has 0 bridgehead atoms. The lowest BCUT2D eigenvalue weighted by Crippen LogP contribution is -2.29. The van der Waals surface area contributed by atoms with Gasteiger partial charge in [-0.3, -0.25) is 14.5 Å².